The van der Waals surface area contributed by atoms with Gasteiger partial charge in [0.05, 0.1) is 17.8 Å². The predicted octanol–water partition coefficient (Wildman–Crippen LogP) is 4.53. The number of pyridine rings is 1. The number of aromatic nitrogens is 1. The van der Waals surface area contributed by atoms with Crippen molar-refractivity contribution in [2.24, 2.45) is 0 Å². The molecular weight excluding hydrogens is 367 g/mol. The average Bonchev–Trinajstić information content (AvgIpc) is 3.04. The monoisotopic (exact) mass is 383 g/mol. The van der Waals surface area contributed by atoms with Crippen LogP contribution in [0.15, 0.2) is 42.7 Å². The topological polar surface area (TPSA) is 45.2 Å². The van der Waals surface area contributed by atoms with Crippen LogP contribution in [0.4, 0.5) is 18.9 Å². The molecular formula is C18H17ClF3N3O. The molecule has 1 aromatic heterocycles. The molecule has 3 rings (SSSR count). The Morgan fingerprint density at radius 3 is 2.69 bits per heavy atom. The number of carbonyl (C=O) groups excluding carboxylic acids is 1. The van der Waals surface area contributed by atoms with Crippen molar-refractivity contribution >= 4 is 23.2 Å². The lowest BCUT2D eigenvalue weighted by Gasteiger charge is -2.24. The van der Waals surface area contributed by atoms with Crippen molar-refractivity contribution < 1.29 is 18.0 Å². The maximum atomic E-state index is 13.1. The second-order valence-electron chi connectivity index (χ2n) is 6.14. The Kier molecular flexibility index (Phi) is 5.48. The van der Waals surface area contributed by atoms with Gasteiger partial charge in [0, 0.05) is 23.5 Å². The van der Waals surface area contributed by atoms with E-state index in [1.807, 2.05) is 17.0 Å². The van der Waals surface area contributed by atoms with Gasteiger partial charge in [-0.15, -0.1) is 0 Å². The summed E-state index contributed by atoms with van der Waals surface area (Å²) >= 11 is 5.66. The van der Waals surface area contributed by atoms with Crippen LogP contribution < -0.4 is 5.32 Å². The first-order valence-corrected chi connectivity index (χ1v) is 8.53. The summed E-state index contributed by atoms with van der Waals surface area (Å²) in [6, 6.07) is 7.15. The van der Waals surface area contributed by atoms with Gasteiger partial charge < -0.3 is 5.32 Å². The summed E-state index contributed by atoms with van der Waals surface area (Å²) in [6.07, 6.45) is 0.603. The highest BCUT2D eigenvalue weighted by atomic mass is 35.5. The van der Waals surface area contributed by atoms with Crippen LogP contribution >= 0.6 is 11.6 Å². The summed E-state index contributed by atoms with van der Waals surface area (Å²) in [5.74, 6) is -0.487. The lowest BCUT2D eigenvalue weighted by atomic mass is 10.1. The molecule has 0 aliphatic carbocycles. The van der Waals surface area contributed by atoms with Gasteiger partial charge in [-0.1, -0.05) is 11.6 Å². The third-order valence-corrected chi connectivity index (χ3v) is 4.60. The van der Waals surface area contributed by atoms with Gasteiger partial charge in [-0.05, 0) is 55.3 Å². The number of halogens is 4. The number of rotatable bonds is 4. The Hall–Kier alpha value is -2.12. The van der Waals surface area contributed by atoms with Crippen molar-refractivity contribution in [1.82, 2.24) is 9.88 Å². The second-order valence-corrected chi connectivity index (χ2v) is 6.58. The quantitative estimate of drug-likeness (QED) is 0.843. The maximum absolute atomic E-state index is 13.1. The van der Waals surface area contributed by atoms with E-state index in [0.717, 1.165) is 24.5 Å². The van der Waals surface area contributed by atoms with E-state index in [0.29, 0.717) is 6.54 Å². The van der Waals surface area contributed by atoms with E-state index in [-0.39, 0.29) is 23.3 Å². The van der Waals surface area contributed by atoms with E-state index in [1.54, 1.807) is 12.4 Å². The van der Waals surface area contributed by atoms with Crippen molar-refractivity contribution in [3.05, 3.63) is 58.9 Å². The number of nitrogens with one attached hydrogen (secondary N) is 1. The number of alkyl halides is 3. The van der Waals surface area contributed by atoms with Crippen LogP contribution in [-0.4, -0.2) is 28.9 Å². The van der Waals surface area contributed by atoms with Gasteiger partial charge in [0.2, 0.25) is 5.91 Å². The molecule has 1 saturated heterocycles. The molecule has 1 amide bonds. The third kappa shape index (κ3) is 4.34. The summed E-state index contributed by atoms with van der Waals surface area (Å²) in [7, 11) is 0. The third-order valence-electron chi connectivity index (χ3n) is 4.36. The van der Waals surface area contributed by atoms with E-state index in [1.165, 1.54) is 12.1 Å². The molecule has 26 heavy (non-hydrogen) atoms. The van der Waals surface area contributed by atoms with Crippen LogP contribution in [0.5, 0.6) is 0 Å². The van der Waals surface area contributed by atoms with Crippen LogP contribution in [0, 0.1) is 0 Å². The van der Waals surface area contributed by atoms with Gasteiger partial charge in [-0.25, -0.2) is 0 Å². The zero-order chi connectivity index (χ0) is 18.7. The Balaban J connectivity index is 1.72. The molecule has 1 atom stereocenters. The zero-order valence-electron chi connectivity index (χ0n) is 13.8. The molecule has 2 aromatic rings. The van der Waals surface area contributed by atoms with Crippen LogP contribution in [0.25, 0.3) is 0 Å². The smallest absolute Gasteiger partial charge is 0.324 e. The van der Waals surface area contributed by atoms with E-state index in [9.17, 15) is 18.0 Å². The van der Waals surface area contributed by atoms with Crippen LogP contribution in [-0.2, 0) is 11.0 Å². The number of anilines is 1. The Bertz CT molecular complexity index is 783. The lowest BCUT2D eigenvalue weighted by Crippen LogP contribution is -2.33. The van der Waals surface area contributed by atoms with Crippen molar-refractivity contribution in [2.75, 3.05) is 18.4 Å². The fraction of sp³-hybridized carbons (Fsp3) is 0.333. The SMILES string of the molecule is O=C(CN1CCC[C@H]1c1ccncc1)Nc1ccc(Cl)cc1C(F)(F)F. The first-order chi connectivity index (χ1) is 12.3. The summed E-state index contributed by atoms with van der Waals surface area (Å²) in [5, 5.41) is 2.34. The van der Waals surface area contributed by atoms with E-state index in [4.69, 9.17) is 11.6 Å². The summed E-state index contributed by atoms with van der Waals surface area (Å²) in [4.78, 5) is 18.3. The molecule has 8 heteroatoms. The Morgan fingerprint density at radius 2 is 2.00 bits per heavy atom. The van der Waals surface area contributed by atoms with Crippen molar-refractivity contribution in [3.63, 3.8) is 0 Å². The fourth-order valence-electron chi connectivity index (χ4n) is 3.21. The molecule has 0 bridgehead atoms. The molecule has 1 N–H and O–H groups in total. The molecule has 1 fully saturated rings. The first kappa shape index (κ1) is 18.7. The number of likely N-dealkylation sites (tertiary alicyclic amines) is 1. The number of nitrogens with zero attached hydrogens (tertiary/aromatic N) is 2. The van der Waals surface area contributed by atoms with E-state index >= 15 is 0 Å². The largest absolute Gasteiger partial charge is 0.418 e. The molecule has 2 heterocycles. The van der Waals surface area contributed by atoms with Gasteiger partial charge in [0.15, 0.2) is 0 Å². The van der Waals surface area contributed by atoms with Crippen molar-refractivity contribution in [1.29, 1.82) is 0 Å². The molecule has 1 aromatic carbocycles. The zero-order valence-corrected chi connectivity index (χ0v) is 14.5. The second kappa shape index (κ2) is 7.63. The molecule has 0 radical (unpaired) electrons. The molecule has 1 aliphatic rings. The molecule has 0 unspecified atom stereocenters. The minimum atomic E-state index is -4.60. The van der Waals surface area contributed by atoms with Gasteiger partial charge >= 0.3 is 6.18 Å². The Morgan fingerprint density at radius 1 is 1.27 bits per heavy atom. The standard InChI is InChI=1S/C18H17ClF3N3O/c19-13-3-4-15(14(10-13)18(20,21)22)24-17(26)11-25-9-1-2-16(25)12-5-7-23-8-6-12/h3-8,10,16H,1-2,9,11H2,(H,24,26)/t16-/m0/s1. The number of hydrogen-bond donors (Lipinski definition) is 1. The summed E-state index contributed by atoms with van der Waals surface area (Å²) in [5.41, 5.74) is -0.190. The number of carbonyl (C=O) groups is 1. The molecule has 4 nitrogen and oxygen atoms in total. The van der Waals surface area contributed by atoms with Crippen LogP contribution in [0.1, 0.15) is 30.0 Å². The maximum Gasteiger partial charge on any atom is 0.418 e. The first-order valence-electron chi connectivity index (χ1n) is 8.15. The van der Waals surface area contributed by atoms with Gasteiger partial charge in [0.1, 0.15) is 0 Å². The van der Waals surface area contributed by atoms with Gasteiger partial charge in [-0.2, -0.15) is 13.2 Å². The predicted molar refractivity (Wildman–Crippen MR) is 92.9 cm³/mol. The summed E-state index contributed by atoms with van der Waals surface area (Å²) in [6.45, 7) is 0.736. The van der Waals surface area contributed by atoms with E-state index < -0.39 is 17.6 Å². The van der Waals surface area contributed by atoms with Crippen LogP contribution in [0.2, 0.25) is 5.02 Å². The lowest BCUT2D eigenvalue weighted by molar-refractivity contribution is -0.137. The highest BCUT2D eigenvalue weighted by Gasteiger charge is 2.34. The number of amides is 1. The van der Waals surface area contributed by atoms with Crippen molar-refractivity contribution in [3.8, 4) is 0 Å². The van der Waals surface area contributed by atoms with Crippen LogP contribution in [0.3, 0.4) is 0 Å². The number of hydrogen-bond acceptors (Lipinski definition) is 3. The highest BCUT2D eigenvalue weighted by molar-refractivity contribution is 6.30. The molecule has 0 saturated carbocycles. The van der Waals surface area contributed by atoms with Gasteiger partial charge in [-0.3, -0.25) is 14.7 Å². The highest BCUT2D eigenvalue weighted by Crippen LogP contribution is 2.37. The average molecular weight is 384 g/mol. The summed E-state index contributed by atoms with van der Waals surface area (Å²) < 4.78 is 39.4. The fourth-order valence-corrected chi connectivity index (χ4v) is 3.38. The molecule has 138 valence electrons. The minimum Gasteiger partial charge on any atom is -0.324 e. The Labute approximate surface area is 154 Å². The van der Waals surface area contributed by atoms with Gasteiger partial charge in [0.25, 0.3) is 0 Å². The van der Waals surface area contributed by atoms with E-state index in [2.05, 4.69) is 10.3 Å². The van der Waals surface area contributed by atoms with Crippen molar-refractivity contribution in [2.45, 2.75) is 25.1 Å². The minimum absolute atomic E-state index is 0.0207. The normalized spacial score (nSPS) is 18.1. The molecule has 0 spiro atoms. The number of benzene rings is 1. The molecule has 1 aliphatic heterocycles.